The summed E-state index contributed by atoms with van der Waals surface area (Å²) in [7, 11) is -3.82. The number of nitrogens with one attached hydrogen (secondary N) is 2. The highest BCUT2D eigenvalue weighted by atomic mass is 35.5. The van der Waals surface area contributed by atoms with Crippen LogP contribution in [0.2, 0.25) is 10.0 Å². The van der Waals surface area contributed by atoms with E-state index in [-0.39, 0.29) is 23.1 Å². The molecule has 0 unspecified atom stereocenters. The number of aromatic nitrogens is 1. The first-order chi connectivity index (χ1) is 15.2. The number of piperidine rings is 1. The first-order valence-corrected chi connectivity index (χ1v) is 12.0. The number of oxazole rings is 1. The maximum atomic E-state index is 12.7. The lowest BCUT2D eigenvalue weighted by Gasteiger charge is -2.31. The second kappa shape index (κ2) is 9.14. The molecule has 2 heterocycles. The molecule has 32 heavy (non-hydrogen) atoms. The minimum atomic E-state index is -3.82. The molecule has 1 fully saturated rings. The molecule has 1 aliphatic rings. The summed E-state index contributed by atoms with van der Waals surface area (Å²) in [6, 6.07) is 8.74. The van der Waals surface area contributed by atoms with Gasteiger partial charge >= 0.3 is 11.8 Å². The number of nitrogens with zero attached hydrogens (tertiary/aromatic N) is 1. The fourth-order valence-electron chi connectivity index (χ4n) is 3.49. The summed E-state index contributed by atoms with van der Waals surface area (Å²) < 4.78 is 38.3. The van der Waals surface area contributed by atoms with Crippen LogP contribution in [0.3, 0.4) is 0 Å². The van der Waals surface area contributed by atoms with E-state index in [0.29, 0.717) is 47.1 Å². The topological polar surface area (TPSA) is 122 Å². The summed E-state index contributed by atoms with van der Waals surface area (Å²) in [4.78, 5) is 27.6. The van der Waals surface area contributed by atoms with E-state index in [1.807, 2.05) is 0 Å². The SMILES string of the molecule is O=C(OCc1cc(Cl)cc(Cl)c1)N1CCC(NS(=O)(=O)c2ccc3[nH]c(=O)oc3c2)CC1. The van der Waals surface area contributed by atoms with Crippen LogP contribution in [0.25, 0.3) is 11.1 Å². The molecule has 0 saturated carbocycles. The zero-order valence-electron chi connectivity index (χ0n) is 16.6. The van der Waals surface area contributed by atoms with Gasteiger partial charge in [-0.15, -0.1) is 0 Å². The van der Waals surface area contributed by atoms with Gasteiger partial charge in [-0.1, -0.05) is 23.2 Å². The van der Waals surface area contributed by atoms with Crippen molar-refractivity contribution in [3.05, 3.63) is 62.6 Å². The lowest BCUT2D eigenvalue weighted by atomic mass is 10.1. The Kier molecular flexibility index (Phi) is 6.47. The predicted octanol–water partition coefficient (Wildman–Crippen LogP) is 3.51. The molecule has 170 valence electrons. The van der Waals surface area contributed by atoms with Crippen molar-refractivity contribution in [2.45, 2.75) is 30.4 Å². The largest absolute Gasteiger partial charge is 0.445 e. The molecule has 4 rings (SSSR count). The number of amides is 1. The Bertz CT molecular complexity index is 1290. The predicted molar refractivity (Wildman–Crippen MR) is 118 cm³/mol. The van der Waals surface area contributed by atoms with Crippen LogP contribution in [0.1, 0.15) is 18.4 Å². The zero-order valence-corrected chi connectivity index (χ0v) is 19.0. The third-order valence-electron chi connectivity index (χ3n) is 5.06. The minimum absolute atomic E-state index is 0.00484. The third-order valence-corrected chi connectivity index (χ3v) is 7.02. The van der Waals surface area contributed by atoms with Crippen LogP contribution in [0.15, 0.2) is 50.5 Å². The number of ether oxygens (including phenoxy) is 1. The normalized spacial score (nSPS) is 15.2. The van der Waals surface area contributed by atoms with Gasteiger partial charge in [-0.05, 0) is 48.7 Å². The number of aromatic amines is 1. The number of likely N-dealkylation sites (tertiary alicyclic amines) is 1. The van der Waals surface area contributed by atoms with Gasteiger partial charge in [0.15, 0.2) is 5.58 Å². The summed E-state index contributed by atoms with van der Waals surface area (Å²) in [5.41, 5.74) is 1.26. The molecule has 2 aromatic carbocycles. The van der Waals surface area contributed by atoms with Gasteiger partial charge in [0.1, 0.15) is 6.61 Å². The average Bonchev–Trinajstić information content (AvgIpc) is 3.11. The highest BCUT2D eigenvalue weighted by molar-refractivity contribution is 7.89. The second-order valence-electron chi connectivity index (χ2n) is 7.39. The van der Waals surface area contributed by atoms with Gasteiger partial charge in [0.2, 0.25) is 10.0 Å². The highest BCUT2D eigenvalue weighted by Gasteiger charge is 2.27. The van der Waals surface area contributed by atoms with Crippen molar-refractivity contribution in [3.63, 3.8) is 0 Å². The van der Waals surface area contributed by atoms with E-state index in [0.717, 1.165) is 0 Å². The van der Waals surface area contributed by atoms with E-state index >= 15 is 0 Å². The van der Waals surface area contributed by atoms with E-state index in [1.54, 1.807) is 18.2 Å². The van der Waals surface area contributed by atoms with Gasteiger partial charge in [-0.2, -0.15) is 0 Å². The summed E-state index contributed by atoms with van der Waals surface area (Å²) in [5.74, 6) is -0.653. The van der Waals surface area contributed by atoms with E-state index in [2.05, 4.69) is 9.71 Å². The van der Waals surface area contributed by atoms with Crippen LogP contribution in [-0.4, -0.2) is 43.5 Å². The number of sulfonamides is 1. The van der Waals surface area contributed by atoms with Crippen LogP contribution >= 0.6 is 23.2 Å². The van der Waals surface area contributed by atoms with E-state index in [4.69, 9.17) is 32.4 Å². The number of benzene rings is 2. The van der Waals surface area contributed by atoms with Gasteiger partial charge in [-0.3, -0.25) is 4.98 Å². The van der Waals surface area contributed by atoms with Crippen molar-refractivity contribution < 1.29 is 22.4 Å². The summed E-state index contributed by atoms with van der Waals surface area (Å²) >= 11 is 11.9. The van der Waals surface area contributed by atoms with Gasteiger partial charge in [0.25, 0.3) is 0 Å². The molecule has 0 bridgehead atoms. The quantitative estimate of drug-likeness (QED) is 0.553. The molecule has 0 aliphatic carbocycles. The van der Waals surface area contributed by atoms with E-state index in [1.165, 1.54) is 23.1 Å². The molecule has 1 aromatic heterocycles. The first kappa shape index (κ1) is 22.7. The fraction of sp³-hybridized carbons (Fsp3) is 0.300. The monoisotopic (exact) mass is 499 g/mol. The number of H-pyrrole nitrogens is 1. The molecule has 1 saturated heterocycles. The van der Waals surface area contributed by atoms with Crippen molar-refractivity contribution in [3.8, 4) is 0 Å². The van der Waals surface area contributed by atoms with Gasteiger partial charge in [0, 0.05) is 35.2 Å². The lowest BCUT2D eigenvalue weighted by molar-refractivity contribution is 0.0866. The van der Waals surface area contributed by atoms with Crippen LogP contribution in [0, 0.1) is 0 Å². The summed E-state index contributed by atoms with van der Waals surface area (Å²) in [6.07, 6.45) is 0.368. The third kappa shape index (κ3) is 5.26. The first-order valence-electron chi connectivity index (χ1n) is 9.71. The summed E-state index contributed by atoms with van der Waals surface area (Å²) in [6.45, 7) is 0.714. The van der Waals surface area contributed by atoms with Crippen molar-refractivity contribution in [2.75, 3.05) is 13.1 Å². The second-order valence-corrected chi connectivity index (χ2v) is 9.97. The van der Waals surface area contributed by atoms with Gasteiger partial charge in [0.05, 0.1) is 10.4 Å². The molecule has 1 aliphatic heterocycles. The van der Waals surface area contributed by atoms with Crippen LogP contribution < -0.4 is 10.5 Å². The molecular weight excluding hydrogens is 481 g/mol. The number of fused-ring (bicyclic) bond motifs is 1. The molecule has 3 aromatic rings. The number of rotatable bonds is 5. The number of hydrogen-bond donors (Lipinski definition) is 2. The molecule has 9 nitrogen and oxygen atoms in total. The van der Waals surface area contributed by atoms with Crippen LogP contribution in [0.4, 0.5) is 4.79 Å². The maximum Gasteiger partial charge on any atom is 0.417 e. The van der Waals surface area contributed by atoms with Crippen LogP contribution in [0.5, 0.6) is 0 Å². The van der Waals surface area contributed by atoms with Gasteiger partial charge in [-0.25, -0.2) is 22.7 Å². The van der Waals surface area contributed by atoms with E-state index in [9.17, 15) is 18.0 Å². The molecular formula is C20H19Cl2N3O6S. The molecule has 0 spiro atoms. The van der Waals surface area contributed by atoms with E-state index < -0.39 is 21.9 Å². The van der Waals surface area contributed by atoms with Crippen molar-refractivity contribution in [1.82, 2.24) is 14.6 Å². The number of hydrogen-bond acceptors (Lipinski definition) is 6. The van der Waals surface area contributed by atoms with Crippen molar-refractivity contribution in [2.24, 2.45) is 0 Å². The minimum Gasteiger partial charge on any atom is -0.445 e. The average molecular weight is 500 g/mol. The summed E-state index contributed by atoms with van der Waals surface area (Å²) in [5, 5.41) is 0.906. The number of halogens is 2. The Morgan fingerprint density at radius 3 is 2.53 bits per heavy atom. The molecule has 1 amide bonds. The highest BCUT2D eigenvalue weighted by Crippen LogP contribution is 2.21. The Morgan fingerprint density at radius 1 is 1.16 bits per heavy atom. The molecule has 0 atom stereocenters. The molecule has 0 radical (unpaired) electrons. The Hall–Kier alpha value is -2.53. The van der Waals surface area contributed by atoms with Crippen LogP contribution in [-0.2, 0) is 21.4 Å². The Labute approximate surface area is 193 Å². The smallest absolute Gasteiger partial charge is 0.417 e. The maximum absolute atomic E-state index is 12.7. The number of carbonyl (C=O) groups is 1. The number of carbonyl (C=O) groups excluding carboxylic acids is 1. The lowest BCUT2D eigenvalue weighted by Crippen LogP contribution is -2.46. The zero-order chi connectivity index (χ0) is 22.9. The van der Waals surface area contributed by atoms with Crippen molar-refractivity contribution >= 4 is 50.4 Å². The Balaban J connectivity index is 1.31. The van der Waals surface area contributed by atoms with Crippen molar-refractivity contribution in [1.29, 1.82) is 0 Å². The molecule has 12 heteroatoms. The molecule has 2 N–H and O–H groups in total. The fourth-order valence-corrected chi connectivity index (χ4v) is 5.38. The Morgan fingerprint density at radius 2 is 1.84 bits per heavy atom. The standard InChI is InChI=1S/C20H19Cl2N3O6S/c21-13-7-12(8-14(22)9-13)11-30-20(27)25-5-3-15(4-6-25)24-32(28,29)16-1-2-17-18(10-16)31-19(26)23-17/h1-2,7-10,15,24H,3-6,11H2,(H,23,26). The van der Waals surface area contributed by atoms with Gasteiger partial charge < -0.3 is 14.1 Å².